The number of fused-ring (bicyclic) bond motifs is 1. The second-order valence-corrected chi connectivity index (χ2v) is 8.13. The number of hydrogen-bond donors (Lipinski definition) is 2. The summed E-state index contributed by atoms with van der Waals surface area (Å²) in [5.74, 6) is 0.452. The van der Waals surface area contributed by atoms with E-state index in [9.17, 15) is 4.79 Å². The molecule has 3 aromatic heterocycles. The van der Waals surface area contributed by atoms with Gasteiger partial charge in [-0.25, -0.2) is 14.8 Å². The Kier molecular flexibility index (Phi) is 4.97. The fourth-order valence-electron chi connectivity index (χ4n) is 3.70. The number of thiophene rings is 1. The number of carbonyl (C=O) groups excluding carboxylic acids is 1. The van der Waals surface area contributed by atoms with E-state index in [1.807, 2.05) is 48.7 Å². The molecule has 2 amide bonds. The molecule has 1 aromatic carbocycles. The molecular formula is C22H20N6O2S. The van der Waals surface area contributed by atoms with E-state index < -0.39 is 0 Å². The third kappa shape index (κ3) is 3.58. The topological polar surface area (TPSA) is 106 Å². The van der Waals surface area contributed by atoms with Gasteiger partial charge in [-0.2, -0.15) is 5.06 Å². The molecular weight excluding hydrogens is 412 g/mol. The second kappa shape index (κ2) is 7.93. The number of nitrogens with one attached hydrogen (secondary N) is 1. The van der Waals surface area contributed by atoms with Crippen LogP contribution in [0.2, 0.25) is 0 Å². The molecule has 0 saturated carbocycles. The number of nitrogens with two attached hydrogens (primary N) is 1. The molecule has 1 unspecified atom stereocenters. The van der Waals surface area contributed by atoms with Crippen molar-refractivity contribution < 1.29 is 9.63 Å². The number of rotatable bonds is 3. The molecule has 1 atom stereocenters. The van der Waals surface area contributed by atoms with E-state index in [0.29, 0.717) is 23.8 Å². The lowest BCUT2D eigenvalue weighted by Crippen LogP contribution is -2.33. The van der Waals surface area contributed by atoms with Crippen molar-refractivity contribution in [3.8, 4) is 11.1 Å². The number of nitrogen functional groups attached to an aromatic ring is 1. The Morgan fingerprint density at radius 1 is 1.26 bits per heavy atom. The zero-order valence-corrected chi connectivity index (χ0v) is 17.6. The smallest absolute Gasteiger partial charge is 0.346 e. The standard InChI is InChI=1S/C22H20N6O2S/c1-13-17(27-22(29)28-18(7-8-30-28)14-5-3-2-4-6-14)9-15(10-24-13)16-11-31-20-19(16)25-12-26-21(20)23/h2-6,9-12,18H,7-8H2,1H3,(H,27,29)(H2,23,25,26). The summed E-state index contributed by atoms with van der Waals surface area (Å²) in [6.45, 7) is 2.34. The van der Waals surface area contributed by atoms with E-state index in [0.717, 1.165) is 33.3 Å². The Labute approximate surface area is 182 Å². The molecule has 3 N–H and O–H groups in total. The van der Waals surface area contributed by atoms with Gasteiger partial charge >= 0.3 is 6.03 Å². The van der Waals surface area contributed by atoms with Crippen molar-refractivity contribution in [2.75, 3.05) is 17.7 Å². The molecule has 1 aliphatic heterocycles. The molecule has 0 spiro atoms. The van der Waals surface area contributed by atoms with Gasteiger partial charge in [-0.05, 0) is 18.6 Å². The van der Waals surface area contributed by atoms with Gasteiger partial charge in [-0.3, -0.25) is 9.82 Å². The molecule has 8 nitrogen and oxygen atoms in total. The number of aromatic nitrogens is 3. The van der Waals surface area contributed by atoms with Gasteiger partial charge in [0.15, 0.2) is 0 Å². The average Bonchev–Trinajstić information content (AvgIpc) is 3.44. The van der Waals surface area contributed by atoms with Crippen LogP contribution in [0.1, 0.15) is 23.7 Å². The number of pyridine rings is 1. The number of benzene rings is 1. The van der Waals surface area contributed by atoms with Crippen LogP contribution in [0, 0.1) is 6.92 Å². The minimum atomic E-state index is -0.324. The van der Waals surface area contributed by atoms with Crippen LogP contribution < -0.4 is 11.1 Å². The highest BCUT2D eigenvalue weighted by molar-refractivity contribution is 7.18. The molecule has 0 radical (unpaired) electrons. The average molecular weight is 433 g/mol. The van der Waals surface area contributed by atoms with Crippen LogP contribution in [-0.4, -0.2) is 32.7 Å². The number of aryl methyl sites for hydroxylation is 1. The Bertz CT molecular complexity index is 1260. The summed E-state index contributed by atoms with van der Waals surface area (Å²) in [5, 5.41) is 6.35. The van der Waals surface area contributed by atoms with E-state index in [1.54, 1.807) is 6.20 Å². The first-order valence-corrected chi connectivity index (χ1v) is 10.7. The van der Waals surface area contributed by atoms with Crippen molar-refractivity contribution >= 4 is 39.1 Å². The highest BCUT2D eigenvalue weighted by Gasteiger charge is 2.32. The molecule has 1 aliphatic rings. The van der Waals surface area contributed by atoms with Crippen LogP contribution in [0.5, 0.6) is 0 Å². The monoisotopic (exact) mass is 432 g/mol. The van der Waals surface area contributed by atoms with Crippen LogP contribution in [0.15, 0.2) is 54.3 Å². The Hall–Kier alpha value is -3.56. The lowest BCUT2D eigenvalue weighted by Gasteiger charge is -2.23. The maximum atomic E-state index is 13.0. The molecule has 1 fully saturated rings. The first-order chi connectivity index (χ1) is 15.1. The highest BCUT2D eigenvalue weighted by Crippen LogP contribution is 2.36. The summed E-state index contributed by atoms with van der Waals surface area (Å²) >= 11 is 1.48. The molecule has 5 rings (SSSR count). The normalized spacial score (nSPS) is 16.0. The predicted molar refractivity (Wildman–Crippen MR) is 120 cm³/mol. The molecule has 9 heteroatoms. The van der Waals surface area contributed by atoms with E-state index >= 15 is 0 Å². The molecule has 0 bridgehead atoms. The van der Waals surface area contributed by atoms with Gasteiger partial charge in [0.05, 0.1) is 34.2 Å². The third-order valence-corrected chi connectivity index (χ3v) is 6.30. The van der Waals surface area contributed by atoms with Crippen molar-refractivity contribution in [3.63, 3.8) is 0 Å². The SMILES string of the molecule is Cc1ncc(-c2csc3c(N)ncnc23)cc1NC(=O)N1OCCC1c1ccccc1. The first kappa shape index (κ1) is 19.4. The zero-order valence-electron chi connectivity index (χ0n) is 16.8. The van der Waals surface area contributed by atoms with Gasteiger partial charge in [-0.15, -0.1) is 11.3 Å². The van der Waals surface area contributed by atoms with Gasteiger partial charge in [0.25, 0.3) is 0 Å². The van der Waals surface area contributed by atoms with Gasteiger partial charge in [0.2, 0.25) is 0 Å². The third-order valence-electron chi connectivity index (χ3n) is 5.31. The van der Waals surface area contributed by atoms with Crippen LogP contribution in [0.25, 0.3) is 21.3 Å². The number of hydrogen-bond acceptors (Lipinski definition) is 7. The molecule has 31 heavy (non-hydrogen) atoms. The maximum absolute atomic E-state index is 13.0. The van der Waals surface area contributed by atoms with E-state index in [1.165, 1.54) is 22.7 Å². The van der Waals surface area contributed by atoms with E-state index in [4.69, 9.17) is 10.6 Å². The van der Waals surface area contributed by atoms with Gasteiger partial charge < -0.3 is 11.1 Å². The molecule has 156 valence electrons. The van der Waals surface area contributed by atoms with Crippen molar-refractivity contribution in [3.05, 3.63) is 65.6 Å². The Balaban J connectivity index is 1.43. The number of urea groups is 1. The number of anilines is 2. The highest BCUT2D eigenvalue weighted by atomic mass is 32.1. The summed E-state index contributed by atoms with van der Waals surface area (Å²) in [6.07, 6.45) is 3.97. The molecule has 4 aromatic rings. The molecule has 0 aliphatic carbocycles. The van der Waals surface area contributed by atoms with Crippen molar-refractivity contribution in [1.29, 1.82) is 0 Å². The Morgan fingerprint density at radius 2 is 2.10 bits per heavy atom. The van der Waals surface area contributed by atoms with Gasteiger partial charge in [-0.1, -0.05) is 30.3 Å². The van der Waals surface area contributed by atoms with E-state index in [2.05, 4.69) is 20.3 Å². The number of amides is 2. The molecule has 1 saturated heterocycles. The van der Waals surface area contributed by atoms with Gasteiger partial charge in [0, 0.05) is 29.1 Å². The van der Waals surface area contributed by atoms with Crippen LogP contribution in [-0.2, 0) is 4.84 Å². The summed E-state index contributed by atoms with van der Waals surface area (Å²) in [4.78, 5) is 31.6. The number of nitrogens with zero attached hydrogens (tertiary/aromatic N) is 4. The summed E-state index contributed by atoms with van der Waals surface area (Å²) < 4.78 is 0.833. The Morgan fingerprint density at radius 3 is 2.94 bits per heavy atom. The number of carbonyl (C=O) groups is 1. The van der Waals surface area contributed by atoms with Crippen LogP contribution in [0.3, 0.4) is 0 Å². The summed E-state index contributed by atoms with van der Waals surface area (Å²) in [7, 11) is 0. The largest absolute Gasteiger partial charge is 0.382 e. The maximum Gasteiger partial charge on any atom is 0.346 e. The molecule has 4 heterocycles. The predicted octanol–water partition coefficient (Wildman–Crippen LogP) is 4.55. The first-order valence-electron chi connectivity index (χ1n) is 9.84. The van der Waals surface area contributed by atoms with Crippen molar-refractivity contribution in [2.24, 2.45) is 0 Å². The summed E-state index contributed by atoms with van der Waals surface area (Å²) in [5.41, 5.74) is 10.8. The van der Waals surface area contributed by atoms with Crippen LogP contribution in [0.4, 0.5) is 16.3 Å². The van der Waals surface area contributed by atoms with Gasteiger partial charge in [0.1, 0.15) is 12.1 Å². The lowest BCUT2D eigenvalue weighted by molar-refractivity contribution is -0.0829. The lowest BCUT2D eigenvalue weighted by atomic mass is 10.1. The van der Waals surface area contributed by atoms with Crippen molar-refractivity contribution in [2.45, 2.75) is 19.4 Å². The van der Waals surface area contributed by atoms with Crippen molar-refractivity contribution in [1.82, 2.24) is 20.0 Å². The van der Waals surface area contributed by atoms with Crippen LogP contribution >= 0.6 is 11.3 Å². The minimum Gasteiger partial charge on any atom is -0.382 e. The second-order valence-electron chi connectivity index (χ2n) is 7.25. The fourth-order valence-corrected chi connectivity index (χ4v) is 4.63. The number of hydroxylamine groups is 2. The quantitative estimate of drug-likeness (QED) is 0.492. The zero-order chi connectivity index (χ0) is 21.4. The summed E-state index contributed by atoms with van der Waals surface area (Å²) in [6, 6.07) is 11.3. The fraction of sp³-hybridized carbons (Fsp3) is 0.182. The van der Waals surface area contributed by atoms with E-state index in [-0.39, 0.29) is 12.1 Å². The minimum absolute atomic E-state index is 0.127.